The molecule has 0 aliphatic carbocycles. The molecule has 1 rings (SSSR count). The van der Waals surface area contributed by atoms with Crippen LogP contribution in [0.1, 0.15) is 25.0 Å². The fraction of sp³-hybridized carbons (Fsp3) is 0.647. The van der Waals surface area contributed by atoms with Gasteiger partial charge >= 0.3 is 0 Å². The third-order valence-corrected chi connectivity index (χ3v) is 4.24. The third-order valence-electron chi connectivity index (χ3n) is 2.83. The lowest BCUT2D eigenvalue weighted by Crippen LogP contribution is -2.09. The molecular weight excluding hydrogens is 320 g/mol. The molecule has 0 saturated heterocycles. The Labute approximate surface area is 144 Å². The molecule has 0 aromatic heterocycles. The summed E-state index contributed by atoms with van der Waals surface area (Å²) in [5.74, 6) is 1.50. The topological polar surface area (TPSA) is 27.7 Å². The van der Waals surface area contributed by atoms with Crippen LogP contribution in [0.25, 0.3) is 0 Å². The first-order valence-corrected chi connectivity index (χ1v) is 9.23. The average molecular weight is 349 g/mol. The molecule has 3 nitrogen and oxygen atoms in total. The zero-order valence-corrected chi connectivity index (χ0v) is 15.8. The molecular formula is C17H29ClO3S. The van der Waals surface area contributed by atoms with E-state index >= 15 is 0 Å². The summed E-state index contributed by atoms with van der Waals surface area (Å²) in [5, 5.41) is 0. The number of hydrogen-bond donors (Lipinski definition) is 0. The van der Waals surface area contributed by atoms with Gasteiger partial charge in [-0.3, -0.25) is 0 Å². The zero-order chi connectivity index (χ0) is 16.6. The summed E-state index contributed by atoms with van der Waals surface area (Å²) in [5.41, 5.74) is 2.47. The second kappa shape index (κ2) is 15.6. The number of alkyl halides is 1. The number of benzene rings is 1. The molecule has 0 spiro atoms. The zero-order valence-electron chi connectivity index (χ0n) is 14.2. The molecule has 0 heterocycles. The summed E-state index contributed by atoms with van der Waals surface area (Å²) in [7, 11) is 1.66. The predicted molar refractivity (Wildman–Crippen MR) is 96.3 cm³/mol. The van der Waals surface area contributed by atoms with Crippen molar-refractivity contribution in [3.63, 3.8) is 0 Å². The summed E-state index contributed by atoms with van der Waals surface area (Å²) in [4.78, 5) is 1.28. The van der Waals surface area contributed by atoms with Crippen LogP contribution in [0, 0.1) is 6.92 Å². The van der Waals surface area contributed by atoms with Crippen LogP contribution in [0.3, 0.4) is 0 Å². The minimum atomic E-state index is 0.565. The molecule has 1 aromatic carbocycles. The smallest absolute Gasteiger partial charge is 0.0701 e. The number of methoxy groups -OCH3 is 1. The SMILES string of the molecule is CC.COCCOCCOCCSc1cccc(CCl)c1C. The largest absolute Gasteiger partial charge is 0.382 e. The number of thioether (sulfide) groups is 1. The maximum Gasteiger partial charge on any atom is 0.0701 e. The molecule has 0 fully saturated rings. The van der Waals surface area contributed by atoms with E-state index in [1.165, 1.54) is 16.0 Å². The van der Waals surface area contributed by atoms with Gasteiger partial charge in [0.25, 0.3) is 0 Å². The first kappa shape index (κ1) is 21.7. The van der Waals surface area contributed by atoms with E-state index in [4.69, 9.17) is 25.8 Å². The van der Waals surface area contributed by atoms with E-state index in [1.807, 2.05) is 13.8 Å². The number of rotatable bonds is 11. The van der Waals surface area contributed by atoms with Crippen LogP contribution < -0.4 is 0 Å². The molecule has 1 aromatic rings. The molecule has 0 aliphatic heterocycles. The van der Waals surface area contributed by atoms with Gasteiger partial charge in [-0.15, -0.1) is 23.4 Å². The Morgan fingerprint density at radius 1 is 1.00 bits per heavy atom. The Morgan fingerprint density at radius 2 is 1.64 bits per heavy atom. The predicted octanol–water partition coefficient (Wildman–Crippen LogP) is 4.53. The second-order valence-corrected chi connectivity index (χ2v) is 5.64. The number of halogens is 1. The molecule has 5 heteroatoms. The number of ether oxygens (including phenoxy) is 3. The van der Waals surface area contributed by atoms with Crippen molar-refractivity contribution in [2.45, 2.75) is 31.5 Å². The van der Waals surface area contributed by atoms with E-state index in [2.05, 4.69) is 25.1 Å². The van der Waals surface area contributed by atoms with E-state index in [-0.39, 0.29) is 0 Å². The Morgan fingerprint density at radius 3 is 2.27 bits per heavy atom. The Bertz CT molecular complexity index is 375. The van der Waals surface area contributed by atoms with Crippen molar-refractivity contribution in [1.82, 2.24) is 0 Å². The van der Waals surface area contributed by atoms with Gasteiger partial charge in [0.05, 0.1) is 33.0 Å². The highest BCUT2D eigenvalue weighted by Gasteiger charge is 2.03. The molecule has 0 aliphatic rings. The molecule has 0 radical (unpaired) electrons. The highest BCUT2D eigenvalue weighted by Crippen LogP contribution is 2.25. The van der Waals surface area contributed by atoms with Crippen molar-refractivity contribution >= 4 is 23.4 Å². The van der Waals surface area contributed by atoms with E-state index in [9.17, 15) is 0 Å². The summed E-state index contributed by atoms with van der Waals surface area (Å²) >= 11 is 7.71. The lowest BCUT2D eigenvalue weighted by atomic mass is 10.1. The van der Waals surface area contributed by atoms with Crippen LogP contribution in [-0.2, 0) is 20.1 Å². The molecule has 0 saturated carbocycles. The molecule has 0 bridgehead atoms. The lowest BCUT2D eigenvalue weighted by molar-refractivity contribution is 0.0286. The molecule has 0 unspecified atom stereocenters. The van der Waals surface area contributed by atoms with Crippen molar-refractivity contribution in [1.29, 1.82) is 0 Å². The highest BCUT2D eigenvalue weighted by molar-refractivity contribution is 7.99. The van der Waals surface area contributed by atoms with Crippen molar-refractivity contribution < 1.29 is 14.2 Å². The Kier molecular flexibility index (Phi) is 15.4. The molecule has 22 heavy (non-hydrogen) atoms. The Hall–Kier alpha value is -0.260. The highest BCUT2D eigenvalue weighted by atomic mass is 35.5. The van der Waals surface area contributed by atoms with Crippen LogP contribution in [-0.4, -0.2) is 45.9 Å². The second-order valence-electron chi connectivity index (χ2n) is 4.24. The van der Waals surface area contributed by atoms with Crippen molar-refractivity contribution in [2.75, 3.05) is 45.9 Å². The normalized spacial score (nSPS) is 10.2. The molecule has 0 atom stereocenters. The van der Waals surface area contributed by atoms with Crippen LogP contribution in [0.4, 0.5) is 0 Å². The maximum absolute atomic E-state index is 5.90. The van der Waals surface area contributed by atoms with Crippen LogP contribution in [0.15, 0.2) is 23.1 Å². The van der Waals surface area contributed by atoms with Gasteiger partial charge in [-0.1, -0.05) is 26.0 Å². The average Bonchev–Trinajstić information content (AvgIpc) is 2.56. The van der Waals surface area contributed by atoms with Crippen molar-refractivity contribution in [3.8, 4) is 0 Å². The van der Waals surface area contributed by atoms with Gasteiger partial charge in [0.2, 0.25) is 0 Å². The summed E-state index contributed by atoms with van der Waals surface area (Å²) in [6.07, 6.45) is 0. The van der Waals surface area contributed by atoms with Gasteiger partial charge in [0, 0.05) is 23.6 Å². The van der Waals surface area contributed by atoms with Gasteiger partial charge in [0.1, 0.15) is 0 Å². The minimum absolute atomic E-state index is 0.565. The first-order valence-electron chi connectivity index (χ1n) is 7.71. The standard InChI is InChI=1S/C15H23ClO3S.C2H6/c1-13-14(12-16)4-3-5-15(13)20-11-10-19-9-8-18-7-6-17-2;1-2/h3-5H,6-12H2,1-2H3;1-2H3. The van der Waals surface area contributed by atoms with Crippen molar-refractivity contribution in [3.05, 3.63) is 29.3 Å². The fourth-order valence-corrected chi connectivity index (χ4v) is 2.87. The number of hydrogen-bond acceptors (Lipinski definition) is 4. The molecule has 128 valence electrons. The van der Waals surface area contributed by atoms with Crippen LogP contribution >= 0.6 is 23.4 Å². The van der Waals surface area contributed by atoms with Gasteiger partial charge in [0.15, 0.2) is 0 Å². The summed E-state index contributed by atoms with van der Waals surface area (Å²) in [6.45, 7) is 9.35. The summed E-state index contributed by atoms with van der Waals surface area (Å²) in [6, 6.07) is 6.25. The molecule has 0 amide bonds. The lowest BCUT2D eigenvalue weighted by Gasteiger charge is -2.09. The minimum Gasteiger partial charge on any atom is -0.382 e. The van der Waals surface area contributed by atoms with Crippen LogP contribution in [0.5, 0.6) is 0 Å². The fourth-order valence-electron chi connectivity index (χ4n) is 1.64. The van der Waals surface area contributed by atoms with E-state index < -0.39 is 0 Å². The van der Waals surface area contributed by atoms with E-state index in [0.29, 0.717) is 32.3 Å². The first-order chi connectivity index (χ1) is 10.8. The third kappa shape index (κ3) is 9.70. The van der Waals surface area contributed by atoms with E-state index in [1.54, 1.807) is 18.9 Å². The van der Waals surface area contributed by atoms with Gasteiger partial charge in [-0.2, -0.15) is 0 Å². The van der Waals surface area contributed by atoms with Crippen LogP contribution in [0.2, 0.25) is 0 Å². The quantitative estimate of drug-likeness (QED) is 0.333. The van der Waals surface area contributed by atoms with Gasteiger partial charge in [-0.25, -0.2) is 0 Å². The van der Waals surface area contributed by atoms with Gasteiger partial charge in [-0.05, 0) is 24.1 Å². The van der Waals surface area contributed by atoms with Gasteiger partial charge < -0.3 is 14.2 Å². The molecule has 0 N–H and O–H groups in total. The monoisotopic (exact) mass is 348 g/mol. The summed E-state index contributed by atoms with van der Waals surface area (Å²) < 4.78 is 15.7. The maximum atomic E-state index is 5.90. The Balaban J connectivity index is 0.00000211. The van der Waals surface area contributed by atoms with E-state index in [0.717, 1.165) is 12.4 Å². The van der Waals surface area contributed by atoms with Crippen molar-refractivity contribution in [2.24, 2.45) is 0 Å².